The topological polar surface area (TPSA) is 24.5 Å². The molecule has 1 rings (SSSR count). The van der Waals surface area contributed by atoms with Crippen molar-refractivity contribution in [3.8, 4) is 5.75 Å². The van der Waals surface area contributed by atoms with Crippen molar-refractivity contribution < 1.29 is 4.74 Å². The van der Waals surface area contributed by atoms with Gasteiger partial charge in [-0.05, 0) is 57.6 Å². The lowest BCUT2D eigenvalue weighted by atomic mass is 10.0. The summed E-state index contributed by atoms with van der Waals surface area (Å²) in [5.41, 5.74) is 2.61. The molecule has 0 aliphatic carbocycles. The van der Waals surface area contributed by atoms with E-state index in [1.807, 2.05) is 0 Å². The highest BCUT2D eigenvalue weighted by Crippen LogP contribution is 2.24. The molecule has 0 bridgehead atoms. The summed E-state index contributed by atoms with van der Waals surface area (Å²) in [5, 5.41) is 3.55. The van der Waals surface area contributed by atoms with Gasteiger partial charge in [0, 0.05) is 18.2 Å². The number of hydrogen-bond acceptors (Lipinski definition) is 3. The number of nitrogens with one attached hydrogen (secondary N) is 1. The highest BCUT2D eigenvalue weighted by molar-refractivity contribution is 5.38. The Labute approximate surface area is 130 Å². The zero-order valence-electron chi connectivity index (χ0n) is 14.4. The summed E-state index contributed by atoms with van der Waals surface area (Å²) < 4.78 is 5.52. The third-order valence-corrected chi connectivity index (χ3v) is 3.84. The van der Waals surface area contributed by atoms with Crippen molar-refractivity contribution >= 4 is 0 Å². The van der Waals surface area contributed by atoms with Gasteiger partial charge in [0.2, 0.25) is 0 Å². The molecule has 1 N–H and O–H groups in total. The van der Waals surface area contributed by atoms with Crippen molar-refractivity contribution in [3.05, 3.63) is 29.3 Å². The number of nitrogens with zero attached hydrogens (tertiary/aromatic N) is 1. The Morgan fingerprint density at radius 2 is 2.00 bits per heavy atom. The molecule has 1 atom stereocenters. The van der Waals surface area contributed by atoms with E-state index in [0.29, 0.717) is 6.04 Å². The molecule has 21 heavy (non-hydrogen) atoms. The highest BCUT2D eigenvalue weighted by Gasteiger charge is 2.11. The molecular formula is C18H32N2O. The maximum absolute atomic E-state index is 5.52. The SMILES string of the molecule is CCCCN(C)Cc1cc(C(C)NCCC)ccc1OC. The van der Waals surface area contributed by atoms with Crippen molar-refractivity contribution in [2.24, 2.45) is 0 Å². The van der Waals surface area contributed by atoms with Gasteiger partial charge in [0.05, 0.1) is 7.11 Å². The minimum absolute atomic E-state index is 0.385. The van der Waals surface area contributed by atoms with E-state index >= 15 is 0 Å². The summed E-state index contributed by atoms with van der Waals surface area (Å²) in [4.78, 5) is 2.37. The van der Waals surface area contributed by atoms with Crippen LogP contribution in [0.15, 0.2) is 18.2 Å². The third kappa shape index (κ3) is 6.06. The Bertz CT molecular complexity index is 406. The Balaban J connectivity index is 2.79. The molecule has 0 aliphatic heterocycles. The van der Waals surface area contributed by atoms with Crippen LogP contribution < -0.4 is 10.1 Å². The molecule has 1 aromatic rings. The van der Waals surface area contributed by atoms with Crippen LogP contribution in [0.3, 0.4) is 0 Å². The molecule has 0 saturated carbocycles. The number of rotatable bonds is 10. The summed E-state index contributed by atoms with van der Waals surface area (Å²) in [6.07, 6.45) is 3.64. The smallest absolute Gasteiger partial charge is 0.123 e. The first kappa shape index (κ1) is 18.0. The molecule has 0 amide bonds. The molecule has 1 unspecified atom stereocenters. The molecule has 120 valence electrons. The Morgan fingerprint density at radius 3 is 2.62 bits per heavy atom. The van der Waals surface area contributed by atoms with Crippen LogP contribution in [0, 0.1) is 0 Å². The summed E-state index contributed by atoms with van der Waals surface area (Å²) in [7, 11) is 3.93. The Kier molecular flexibility index (Phi) is 8.40. The molecule has 0 aliphatic rings. The number of unbranched alkanes of at least 4 members (excludes halogenated alkanes) is 1. The van der Waals surface area contributed by atoms with Crippen LogP contribution in [0.4, 0.5) is 0 Å². The van der Waals surface area contributed by atoms with Crippen LogP contribution in [-0.2, 0) is 6.54 Å². The van der Waals surface area contributed by atoms with E-state index in [0.717, 1.165) is 31.8 Å². The van der Waals surface area contributed by atoms with E-state index in [1.54, 1.807) is 7.11 Å². The Hall–Kier alpha value is -1.06. The second-order valence-electron chi connectivity index (χ2n) is 5.84. The second-order valence-corrected chi connectivity index (χ2v) is 5.84. The predicted octanol–water partition coefficient (Wildman–Crippen LogP) is 3.99. The molecule has 0 spiro atoms. The van der Waals surface area contributed by atoms with Gasteiger partial charge in [0.1, 0.15) is 5.75 Å². The lowest BCUT2D eigenvalue weighted by Crippen LogP contribution is -2.21. The van der Waals surface area contributed by atoms with E-state index in [9.17, 15) is 0 Å². The van der Waals surface area contributed by atoms with Crippen LogP contribution in [0.25, 0.3) is 0 Å². The largest absolute Gasteiger partial charge is 0.496 e. The number of hydrogen-bond donors (Lipinski definition) is 1. The zero-order chi connectivity index (χ0) is 15.7. The summed E-state index contributed by atoms with van der Waals surface area (Å²) in [6.45, 7) is 9.78. The molecule has 0 fully saturated rings. The van der Waals surface area contributed by atoms with Gasteiger partial charge in [-0.1, -0.05) is 26.3 Å². The first-order valence-corrected chi connectivity index (χ1v) is 8.21. The average molecular weight is 292 g/mol. The van der Waals surface area contributed by atoms with Crippen molar-refractivity contribution in [2.75, 3.05) is 27.2 Å². The van der Waals surface area contributed by atoms with E-state index in [1.165, 1.54) is 24.0 Å². The van der Waals surface area contributed by atoms with Gasteiger partial charge in [-0.15, -0.1) is 0 Å². The number of methoxy groups -OCH3 is 1. The second kappa shape index (κ2) is 9.80. The van der Waals surface area contributed by atoms with E-state index in [4.69, 9.17) is 4.74 Å². The van der Waals surface area contributed by atoms with Crippen LogP contribution in [-0.4, -0.2) is 32.1 Å². The van der Waals surface area contributed by atoms with Gasteiger partial charge in [-0.2, -0.15) is 0 Å². The molecule has 1 aromatic carbocycles. The van der Waals surface area contributed by atoms with Gasteiger partial charge in [-0.25, -0.2) is 0 Å². The fraction of sp³-hybridized carbons (Fsp3) is 0.667. The standard InChI is InChI=1S/C18H32N2O/c1-6-8-12-20(4)14-17-13-16(9-10-18(17)21-5)15(3)19-11-7-2/h9-10,13,15,19H,6-8,11-12,14H2,1-5H3. The van der Waals surface area contributed by atoms with Gasteiger partial charge >= 0.3 is 0 Å². The third-order valence-electron chi connectivity index (χ3n) is 3.84. The monoisotopic (exact) mass is 292 g/mol. The number of ether oxygens (including phenoxy) is 1. The fourth-order valence-electron chi connectivity index (χ4n) is 2.47. The van der Waals surface area contributed by atoms with Gasteiger partial charge < -0.3 is 15.0 Å². The van der Waals surface area contributed by atoms with Crippen LogP contribution in [0.1, 0.15) is 57.2 Å². The minimum atomic E-state index is 0.385. The van der Waals surface area contributed by atoms with E-state index in [2.05, 4.69) is 56.2 Å². The first-order chi connectivity index (χ1) is 10.1. The quantitative estimate of drug-likeness (QED) is 0.706. The number of benzene rings is 1. The lowest BCUT2D eigenvalue weighted by Gasteiger charge is -2.20. The Morgan fingerprint density at radius 1 is 1.24 bits per heavy atom. The normalized spacial score (nSPS) is 12.7. The summed E-state index contributed by atoms with van der Waals surface area (Å²) >= 11 is 0. The minimum Gasteiger partial charge on any atom is -0.496 e. The van der Waals surface area contributed by atoms with Crippen molar-refractivity contribution in [1.29, 1.82) is 0 Å². The highest BCUT2D eigenvalue weighted by atomic mass is 16.5. The molecule has 0 saturated heterocycles. The van der Waals surface area contributed by atoms with Crippen molar-refractivity contribution in [2.45, 2.75) is 52.6 Å². The van der Waals surface area contributed by atoms with Crippen molar-refractivity contribution in [1.82, 2.24) is 10.2 Å². The van der Waals surface area contributed by atoms with Crippen LogP contribution in [0.2, 0.25) is 0 Å². The molecule has 3 nitrogen and oxygen atoms in total. The van der Waals surface area contributed by atoms with Crippen molar-refractivity contribution in [3.63, 3.8) is 0 Å². The maximum Gasteiger partial charge on any atom is 0.123 e. The lowest BCUT2D eigenvalue weighted by molar-refractivity contribution is 0.312. The zero-order valence-corrected chi connectivity index (χ0v) is 14.4. The van der Waals surface area contributed by atoms with Gasteiger partial charge in [-0.3, -0.25) is 0 Å². The first-order valence-electron chi connectivity index (χ1n) is 8.21. The van der Waals surface area contributed by atoms with E-state index in [-0.39, 0.29) is 0 Å². The fourth-order valence-corrected chi connectivity index (χ4v) is 2.47. The van der Waals surface area contributed by atoms with Gasteiger partial charge in [0.15, 0.2) is 0 Å². The molecule has 3 heteroatoms. The van der Waals surface area contributed by atoms with E-state index < -0.39 is 0 Å². The molecule has 0 aromatic heterocycles. The molecular weight excluding hydrogens is 260 g/mol. The average Bonchev–Trinajstić information content (AvgIpc) is 2.50. The predicted molar refractivity (Wildman–Crippen MR) is 90.9 cm³/mol. The maximum atomic E-state index is 5.52. The summed E-state index contributed by atoms with van der Waals surface area (Å²) in [5.74, 6) is 0.991. The summed E-state index contributed by atoms with van der Waals surface area (Å²) in [6, 6.07) is 6.94. The molecule has 0 radical (unpaired) electrons. The van der Waals surface area contributed by atoms with Gasteiger partial charge in [0.25, 0.3) is 0 Å². The van der Waals surface area contributed by atoms with Crippen LogP contribution >= 0.6 is 0 Å². The molecule has 0 heterocycles. The van der Waals surface area contributed by atoms with Crippen LogP contribution in [0.5, 0.6) is 5.75 Å².